The predicted molar refractivity (Wildman–Crippen MR) is 168 cm³/mol. The van der Waals surface area contributed by atoms with E-state index < -0.39 is 23.8 Å². The maximum Gasteiger partial charge on any atom is 0.338 e. The lowest BCUT2D eigenvalue weighted by Crippen LogP contribution is -2.53. The van der Waals surface area contributed by atoms with Crippen molar-refractivity contribution in [2.24, 2.45) is 4.99 Å². The smallest absolute Gasteiger partial charge is 0.338 e. The summed E-state index contributed by atoms with van der Waals surface area (Å²) in [4.78, 5) is 52.4. The van der Waals surface area contributed by atoms with Crippen LogP contribution in [0, 0.1) is 5.82 Å². The van der Waals surface area contributed by atoms with Gasteiger partial charge in [-0.25, -0.2) is 23.8 Å². The fourth-order valence-corrected chi connectivity index (χ4v) is 6.87. The molecular weight excluding hydrogens is 646 g/mol. The number of thiazole rings is 1. The molecule has 234 valence electrons. The van der Waals surface area contributed by atoms with E-state index in [0.717, 1.165) is 6.07 Å². The number of aliphatic imine (C=N–C) groups is 1. The van der Waals surface area contributed by atoms with Gasteiger partial charge in [0.15, 0.2) is 10.8 Å². The summed E-state index contributed by atoms with van der Waals surface area (Å²) >= 11 is 14.2. The summed E-state index contributed by atoms with van der Waals surface area (Å²) in [5.74, 6) is -2.10. The Balaban J connectivity index is 1.30. The van der Waals surface area contributed by atoms with Crippen LogP contribution >= 0.6 is 34.5 Å². The van der Waals surface area contributed by atoms with Crippen LogP contribution in [0.1, 0.15) is 33.9 Å². The molecule has 3 aliphatic rings. The molecule has 0 aliphatic carbocycles. The Bertz CT molecular complexity index is 1740. The number of carbonyl (C=O) groups is 3. The number of benzene rings is 2. The summed E-state index contributed by atoms with van der Waals surface area (Å²) in [5, 5.41) is 15.8. The number of hydrogen-bond donors (Lipinski definition) is 2. The molecule has 3 aliphatic heterocycles. The van der Waals surface area contributed by atoms with Gasteiger partial charge >= 0.3 is 18.0 Å². The second-order valence-corrected chi connectivity index (χ2v) is 12.3. The molecule has 1 aromatic heterocycles. The van der Waals surface area contributed by atoms with Gasteiger partial charge in [-0.3, -0.25) is 14.8 Å². The normalized spacial score (nSPS) is 20.2. The summed E-state index contributed by atoms with van der Waals surface area (Å²) in [6, 6.07) is 7.11. The number of halogens is 3. The van der Waals surface area contributed by atoms with Crippen LogP contribution in [-0.4, -0.2) is 89.1 Å². The highest BCUT2D eigenvalue weighted by atomic mass is 35.5. The van der Waals surface area contributed by atoms with Crippen LogP contribution in [0.2, 0.25) is 10.0 Å². The SMILES string of the molecule is CCOC(=O)C1=C(CN2CCN3C(=O)N(c4ccc(C(=O)O)cc4F)C[C@@H]3C2)NC(c2nccs2)=N[C@H]1c1ccc(Cl)cc1Cl. The summed E-state index contributed by atoms with van der Waals surface area (Å²) in [5.41, 5.74) is 1.27. The number of ether oxygens (including phenoxy) is 1. The van der Waals surface area contributed by atoms with E-state index in [1.165, 1.54) is 28.4 Å². The number of nitrogens with one attached hydrogen (secondary N) is 1. The van der Waals surface area contributed by atoms with Gasteiger partial charge in [-0.2, -0.15) is 0 Å². The Morgan fingerprint density at radius 1 is 1.18 bits per heavy atom. The van der Waals surface area contributed by atoms with Gasteiger partial charge in [0.1, 0.15) is 11.9 Å². The quantitative estimate of drug-likeness (QED) is 0.326. The van der Waals surface area contributed by atoms with Gasteiger partial charge in [0.25, 0.3) is 0 Å². The Morgan fingerprint density at radius 3 is 2.69 bits per heavy atom. The van der Waals surface area contributed by atoms with Gasteiger partial charge in [-0.05, 0) is 37.3 Å². The number of aromatic carboxylic acids is 1. The third-order valence-electron chi connectivity index (χ3n) is 7.82. The second kappa shape index (κ2) is 12.8. The number of piperazine rings is 1. The molecule has 2 atom stereocenters. The summed E-state index contributed by atoms with van der Waals surface area (Å²) < 4.78 is 20.4. The molecule has 11 nitrogen and oxygen atoms in total. The molecule has 2 amide bonds. The number of fused-ring (bicyclic) bond motifs is 1. The molecule has 2 N–H and O–H groups in total. The molecule has 0 unspecified atom stereocenters. The highest BCUT2D eigenvalue weighted by Crippen LogP contribution is 2.38. The zero-order valence-electron chi connectivity index (χ0n) is 23.9. The predicted octanol–water partition coefficient (Wildman–Crippen LogP) is 4.82. The van der Waals surface area contributed by atoms with Crippen LogP contribution in [0.3, 0.4) is 0 Å². The van der Waals surface area contributed by atoms with Crippen molar-refractivity contribution in [2.45, 2.75) is 19.0 Å². The van der Waals surface area contributed by atoms with Crippen molar-refractivity contribution < 1.29 is 28.6 Å². The van der Waals surface area contributed by atoms with Crippen molar-refractivity contribution in [1.82, 2.24) is 20.1 Å². The van der Waals surface area contributed by atoms with Crippen LogP contribution in [-0.2, 0) is 9.53 Å². The van der Waals surface area contributed by atoms with Gasteiger partial charge in [0.2, 0.25) is 0 Å². The van der Waals surface area contributed by atoms with Crippen molar-refractivity contribution in [3.8, 4) is 0 Å². The Morgan fingerprint density at radius 2 is 2.00 bits per heavy atom. The molecule has 0 saturated carbocycles. The van der Waals surface area contributed by atoms with Crippen LogP contribution in [0.25, 0.3) is 0 Å². The largest absolute Gasteiger partial charge is 0.478 e. The highest BCUT2D eigenvalue weighted by Gasteiger charge is 2.43. The van der Waals surface area contributed by atoms with Gasteiger partial charge in [0, 0.05) is 65.6 Å². The number of nitrogens with zero attached hydrogens (tertiary/aromatic N) is 5. The number of anilines is 1. The summed E-state index contributed by atoms with van der Waals surface area (Å²) in [6.07, 6.45) is 1.67. The molecule has 0 spiro atoms. The van der Waals surface area contributed by atoms with Crippen molar-refractivity contribution in [3.05, 3.63) is 91.2 Å². The number of carbonyl (C=O) groups excluding carboxylic acids is 2. The first-order valence-corrected chi connectivity index (χ1v) is 15.7. The zero-order chi connectivity index (χ0) is 31.8. The number of urea groups is 1. The standard InChI is InChI=1S/C30H27Cl2FN6O5S/c1-2-44-29(42)24-22(35-26(27-34-7-10-45-27)36-25(24)19-5-4-17(31)12-20(19)32)15-37-8-9-38-18(13-37)14-39(30(38)43)23-6-3-16(28(40)41)11-21(23)33/h3-7,10-12,18,25H,2,8-9,13-15H2,1H3,(H,35,36)(H,40,41)/t18-,25-/m0/s1. The minimum Gasteiger partial charge on any atom is -0.478 e. The van der Waals surface area contributed by atoms with Crippen molar-refractivity contribution in [1.29, 1.82) is 0 Å². The number of esters is 1. The zero-order valence-corrected chi connectivity index (χ0v) is 26.2. The first kappa shape index (κ1) is 31.0. The number of carboxylic acids is 1. The monoisotopic (exact) mass is 672 g/mol. The molecule has 2 fully saturated rings. The van der Waals surface area contributed by atoms with Gasteiger partial charge in [0.05, 0.1) is 29.5 Å². The molecule has 15 heteroatoms. The van der Waals surface area contributed by atoms with E-state index in [1.54, 1.807) is 36.2 Å². The fourth-order valence-electron chi connectivity index (χ4n) is 5.77. The van der Waals surface area contributed by atoms with Crippen molar-refractivity contribution in [3.63, 3.8) is 0 Å². The van der Waals surface area contributed by atoms with Crippen LogP contribution < -0.4 is 10.2 Å². The lowest BCUT2D eigenvalue weighted by atomic mass is 9.95. The fraction of sp³-hybridized carbons (Fsp3) is 0.300. The maximum atomic E-state index is 14.9. The second-order valence-electron chi connectivity index (χ2n) is 10.6. The Hall–Kier alpha value is -4.04. The number of hydrogen-bond acceptors (Lipinski definition) is 9. The van der Waals surface area contributed by atoms with E-state index in [2.05, 4.69) is 15.2 Å². The molecule has 3 aromatic rings. The summed E-state index contributed by atoms with van der Waals surface area (Å²) in [7, 11) is 0. The van der Waals surface area contributed by atoms with Crippen LogP contribution in [0.4, 0.5) is 14.9 Å². The Kier molecular flexibility index (Phi) is 8.78. The lowest BCUT2D eigenvalue weighted by Gasteiger charge is -2.38. The number of amidine groups is 1. The van der Waals surface area contributed by atoms with Crippen molar-refractivity contribution >= 4 is 64.0 Å². The van der Waals surface area contributed by atoms with Gasteiger partial charge in [-0.1, -0.05) is 29.3 Å². The maximum absolute atomic E-state index is 14.9. The van der Waals surface area contributed by atoms with Crippen LogP contribution in [0.5, 0.6) is 0 Å². The first-order valence-electron chi connectivity index (χ1n) is 14.1. The number of carboxylic acid groups (broad SMARTS) is 1. The molecule has 0 bridgehead atoms. The molecule has 0 radical (unpaired) electrons. The van der Waals surface area contributed by atoms with Gasteiger partial charge < -0.3 is 20.1 Å². The minimum absolute atomic E-state index is 0.0270. The van der Waals surface area contributed by atoms with E-state index >= 15 is 0 Å². The summed E-state index contributed by atoms with van der Waals surface area (Å²) in [6.45, 7) is 3.68. The topological polar surface area (TPSA) is 128 Å². The van der Waals surface area contributed by atoms with Gasteiger partial charge in [-0.15, -0.1) is 11.3 Å². The van der Waals surface area contributed by atoms with E-state index in [-0.39, 0.29) is 36.5 Å². The third-order valence-corrected chi connectivity index (χ3v) is 9.16. The van der Waals surface area contributed by atoms with E-state index in [0.29, 0.717) is 63.9 Å². The highest BCUT2D eigenvalue weighted by molar-refractivity contribution is 7.11. The first-order chi connectivity index (χ1) is 21.6. The minimum atomic E-state index is -1.25. The van der Waals surface area contributed by atoms with E-state index in [4.69, 9.17) is 32.9 Å². The van der Waals surface area contributed by atoms with Crippen LogP contribution in [0.15, 0.2) is 64.2 Å². The van der Waals surface area contributed by atoms with E-state index in [1.807, 2.05) is 5.38 Å². The van der Waals surface area contributed by atoms with Crippen molar-refractivity contribution in [2.75, 3.05) is 44.2 Å². The number of rotatable bonds is 8. The molecule has 45 heavy (non-hydrogen) atoms. The number of amides is 2. The molecular formula is C30H27Cl2FN6O5S. The average molecular weight is 674 g/mol. The number of aromatic nitrogens is 1. The van der Waals surface area contributed by atoms with E-state index in [9.17, 15) is 23.9 Å². The molecule has 2 saturated heterocycles. The average Bonchev–Trinajstić information content (AvgIpc) is 3.65. The third kappa shape index (κ3) is 6.12. The molecule has 2 aromatic carbocycles. The Labute approximate surface area is 271 Å². The lowest BCUT2D eigenvalue weighted by molar-refractivity contribution is -0.139. The molecule has 6 rings (SSSR count). The molecule has 4 heterocycles.